The predicted octanol–water partition coefficient (Wildman–Crippen LogP) is 1.50. The average Bonchev–Trinajstić information content (AvgIpc) is 2.40. The van der Waals surface area contributed by atoms with Crippen LogP contribution in [0.25, 0.3) is 0 Å². The molecule has 0 aromatic heterocycles. The summed E-state index contributed by atoms with van der Waals surface area (Å²) in [5.41, 5.74) is 0.475. The van der Waals surface area contributed by atoms with E-state index in [4.69, 9.17) is 14.0 Å². The van der Waals surface area contributed by atoms with E-state index in [2.05, 4.69) is 0 Å². The van der Waals surface area contributed by atoms with Crippen LogP contribution in [0.1, 0.15) is 13.3 Å². The standard InChI is InChI=1S/C12H15BF2O3/c1-2-5-16-10-7-17-13(18-8-10)9-3-4-11(14)12(15)6-9/h3-4,6,10H,2,5,7-8H2,1H3. The largest absolute Gasteiger partial charge is 0.494 e. The quantitative estimate of drug-likeness (QED) is 0.764. The van der Waals surface area contributed by atoms with Crippen LogP contribution in [0.2, 0.25) is 0 Å². The van der Waals surface area contributed by atoms with E-state index in [1.165, 1.54) is 6.07 Å². The van der Waals surface area contributed by atoms with Crippen molar-refractivity contribution in [2.45, 2.75) is 19.4 Å². The molecule has 1 fully saturated rings. The Kier molecular flexibility index (Phi) is 4.69. The lowest BCUT2D eigenvalue weighted by molar-refractivity contribution is -0.0419. The van der Waals surface area contributed by atoms with E-state index in [1.54, 1.807) is 0 Å². The van der Waals surface area contributed by atoms with Crippen LogP contribution in [0.15, 0.2) is 18.2 Å². The number of benzene rings is 1. The molecule has 0 saturated carbocycles. The van der Waals surface area contributed by atoms with Crippen LogP contribution in [0.3, 0.4) is 0 Å². The van der Waals surface area contributed by atoms with Crippen molar-refractivity contribution in [2.24, 2.45) is 0 Å². The van der Waals surface area contributed by atoms with Gasteiger partial charge in [-0.15, -0.1) is 0 Å². The number of halogens is 2. The molecule has 1 heterocycles. The normalized spacial score (nSPS) is 17.2. The van der Waals surface area contributed by atoms with Crippen molar-refractivity contribution in [1.29, 1.82) is 0 Å². The molecule has 0 atom stereocenters. The van der Waals surface area contributed by atoms with Gasteiger partial charge in [0.15, 0.2) is 11.6 Å². The minimum atomic E-state index is -0.899. The SMILES string of the molecule is CCCOC1COB(c2ccc(F)c(F)c2)OC1. The van der Waals surface area contributed by atoms with E-state index >= 15 is 0 Å². The second-order valence-corrected chi connectivity index (χ2v) is 4.16. The summed E-state index contributed by atoms with van der Waals surface area (Å²) in [6, 6.07) is 3.61. The molecular formula is C12H15BF2O3. The van der Waals surface area contributed by atoms with Crippen LogP contribution in [-0.4, -0.2) is 33.0 Å². The molecule has 6 heteroatoms. The summed E-state index contributed by atoms with van der Waals surface area (Å²) in [6.07, 6.45) is 0.842. The summed E-state index contributed by atoms with van der Waals surface area (Å²) in [7, 11) is -0.651. The summed E-state index contributed by atoms with van der Waals surface area (Å²) >= 11 is 0. The topological polar surface area (TPSA) is 27.7 Å². The molecule has 98 valence electrons. The van der Waals surface area contributed by atoms with Gasteiger partial charge in [-0.2, -0.15) is 0 Å². The zero-order valence-electron chi connectivity index (χ0n) is 10.2. The molecule has 0 N–H and O–H groups in total. The first-order chi connectivity index (χ1) is 8.70. The first-order valence-electron chi connectivity index (χ1n) is 6.00. The number of hydrogen-bond acceptors (Lipinski definition) is 3. The van der Waals surface area contributed by atoms with Crippen LogP contribution >= 0.6 is 0 Å². The van der Waals surface area contributed by atoms with Gasteiger partial charge in [-0.3, -0.25) is 0 Å². The van der Waals surface area contributed by atoms with Crippen molar-refractivity contribution in [1.82, 2.24) is 0 Å². The van der Waals surface area contributed by atoms with Crippen molar-refractivity contribution in [3.8, 4) is 0 Å². The molecule has 0 radical (unpaired) electrons. The molecule has 1 aliphatic heterocycles. The lowest BCUT2D eigenvalue weighted by atomic mass is 9.78. The highest BCUT2D eigenvalue weighted by Crippen LogP contribution is 2.09. The van der Waals surface area contributed by atoms with Gasteiger partial charge in [0, 0.05) is 6.61 Å². The molecule has 0 bridgehead atoms. The summed E-state index contributed by atoms with van der Waals surface area (Å²) in [4.78, 5) is 0. The number of rotatable bonds is 4. The molecule has 0 spiro atoms. The molecule has 1 aliphatic rings. The highest BCUT2D eigenvalue weighted by atomic mass is 19.2. The van der Waals surface area contributed by atoms with Gasteiger partial charge in [0.2, 0.25) is 0 Å². The van der Waals surface area contributed by atoms with Gasteiger partial charge in [0.05, 0.1) is 13.2 Å². The number of hydrogen-bond donors (Lipinski definition) is 0. The molecule has 18 heavy (non-hydrogen) atoms. The molecule has 1 aromatic carbocycles. The third kappa shape index (κ3) is 3.28. The van der Waals surface area contributed by atoms with Gasteiger partial charge in [0.1, 0.15) is 6.10 Å². The molecule has 0 amide bonds. The van der Waals surface area contributed by atoms with Crippen LogP contribution in [0.5, 0.6) is 0 Å². The summed E-state index contributed by atoms with van der Waals surface area (Å²) < 4.78 is 42.2. The van der Waals surface area contributed by atoms with E-state index in [0.717, 1.165) is 18.6 Å². The molecule has 1 aromatic rings. The summed E-state index contributed by atoms with van der Waals surface area (Å²) in [5, 5.41) is 0. The lowest BCUT2D eigenvalue weighted by Crippen LogP contribution is -2.47. The summed E-state index contributed by atoms with van der Waals surface area (Å²) in [6.45, 7) is 3.47. The van der Waals surface area contributed by atoms with Crippen LogP contribution in [-0.2, 0) is 14.0 Å². The monoisotopic (exact) mass is 256 g/mol. The first-order valence-corrected chi connectivity index (χ1v) is 6.00. The Morgan fingerprint density at radius 3 is 2.61 bits per heavy atom. The Morgan fingerprint density at radius 1 is 1.28 bits per heavy atom. The van der Waals surface area contributed by atoms with Gasteiger partial charge in [-0.05, 0) is 24.0 Å². The average molecular weight is 256 g/mol. The van der Waals surface area contributed by atoms with E-state index in [-0.39, 0.29) is 6.10 Å². The minimum Gasteiger partial charge on any atom is -0.404 e. The second-order valence-electron chi connectivity index (χ2n) is 4.16. The molecule has 1 saturated heterocycles. The van der Waals surface area contributed by atoms with Gasteiger partial charge in [0.25, 0.3) is 0 Å². The van der Waals surface area contributed by atoms with E-state index < -0.39 is 18.8 Å². The van der Waals surface area contributed by atoms with Gasteiger partial charge in [-0.1, -0.05) is 13.0 Å². The predicted molar refractivity (Wildman–Crippen MR) is 63.7 cm³/mol. The molecule has 2 rings (SSSR count). The second kappa shape index (κ2) is 6.27. The van der Waals surface area contributed by atoms with Crippen molar-refractivity contribution < 1.29 is 22.8 Å². The molecule has 0 unspecified atom stereocenters. The number of ether oxygens (including phenoxy) is 1. The van der Waals surface area contributed by atoms with Crippen LogP contribution in [0, 0.1) is 11.6 Å². The Hall–Kier alpha value is -0.975. The van der Waals surface area contributed by atoms with E-state index in [1.807, 2.05) is 6.92 Å². The van der Waals surface area contributed by atoms with E-state index in [0.29, 0.717) is 25.3 Å². The lowest BCUT2D eigenvalue weighted by Gasteiger charge is -2.27. The maximum absolute atomic E-state index is 13.1. The van der Waals surface area contributed by atoms with Crippen LogP contribution < -0.4 is 5.46 Å². The smallest absolute Gasteiger partial charge is 0.404 e. The van der Waals surface area contributed by atoms with Gasteiger partial charge >= 0.3 is 7.12 Å². The Balaban J connectivity index is 1.90. The van der Waals surface area contributed by atoms with Crippen LogP contribution in [0.4, 0.5) is 8.78 Å². The molecule has 0 aliphatic carbocycles. The molecular weight excluding hydrogens is 241 g/mol. The fourth-order valence-corrected chi connectivity index (χ4v) is 1.72. The maximum atomic E-state index is 13.1. The first kappa shape index (κ1) is 13.5. The third-order valence-electron chi connectivity index (χ3n) is 2.64. The minimum absolute atomic E-state index is 0.0912. The van der Waals surface area contributed by atoms with Crippen molar-refractivity contribution in [2.75, 3.05) is 19.8 Å². The van der Waals surface area contributed by atoms with E-state index in [9.17, 15) is 8.78 Å². The fourth-order valence-electron chi connectivity index (χ4n) is 1.72. The van der Waals surface area contributed by atoms with Crippen molar-refractivity contribution in [3.05, 3.63) is 29.8 Å². The zero-order valence-corrected chi connectivity index (χ0v) is 10.2. The Bertz CT molecular complexity index is 395. The van der Waals surface area contributed by atoms with Crippen molar-refractivity contribution >= 4 is 12.6 Å². The maximum Gasteiger partial charge on any atom is 0.494 e. The fraction of sp³-hybridized carbons (Fsp3) is 0.500. The zero-order chi connectivity index (χ0) is 13.0. The highest BCUT2D eigenvalue weighted by molar-refractivity contribution is 6.61. The third-order valence-corrected chi connectivity index (χ3v) is 2.64. The van der Waals surface area contributed by atoms with Gasteiger partial charge in [-0.25, -0.2) is 8.78 Å². The van der Waals surface area contributed by atoms with Gasteiger partial charge < -0.3 is 14.0 Å². The Labute approximate surface area is 105 Å². The summed E-state index contributed by atoms with van der Waals surface area (Å²) in [5.74, 6) is -1.78. The Morgan fingerprint density at radius 2 is 2.00 bits per heavy atom. The molecule has 3 nitrogen and oxygen atoms in total. The van der Waals surface area contributed by atoms with Crippen molar-refractivity contribution in [3.63, 3.8) is 0 Å². The highest BCUT2D eigenvalue weighted by Gasteiger charge is 2.30.